The number of amides is 2. The van der Waals surface area contributed by atoms with Crippen LogP contribution in [0.3, 0.4) is 0 Å². The lowest BCUT2D eigenvalue weighted by atomic mass is 9.75. The van der Waals surface area contributed by atoms with Gasteiger partial charge in [0.15, 0.2) is 0 Å². The number of benzene rings is 1. The van der Waals surface area contributed by atoms with E-state index in [0.29, 0.717) is 12.8 Å². The fourth-order valence-electron chi connectivity index (χ4n) is 3.05. The number of hydrogen-bond acceptors (Lipinski definition) is 2. The summed E-state index contributed by atoms with van der Waals surface area (Å²) < 4.78 is 0. The third-order valence-electron chi connectivity index (χ3n) is 4.73. The van der Waals surface area contributed by atoms with Crippen LogP contribution in [0.25, 0.3) is 0 Å². The van der Waals surface area contributed by atoms with Crippen molar-refractivity contribution in [1.82, 2.24) is 10.6 Å². The zero-order valence-electron chi connectivity index (χ0n) is 13.7. The van der Waals surface area contributed by atoms with Gasteiger partial charge in [-0.2, -0.15) is 0 Å². The molecule has 0 saturated heterocycles. The van der Waals surface area contributed by atoms with E-state index < -0.39 is 5.97 Å². The number of carbonyl (C=O) groups excluding carboxylic acids is 1. The van der Waals surface area contributed by atoms with Crippen molar-refractivity contribution >= 4 is 12.0 Å². The number of rotatable bonds is 8. The molecule has 1 saturated carbocycles. The number of carboxylic acids is 1. The fourth-order valence-corrected chi connectivity index (χ4v) is 3.05. The number of aliphatic carboxylic acids is 1. The molecule has 5 heteroatoms. The van der Waals surface area contributed by atoms with Crippen molar-refractivity contribution in [2.24, 2.45) is 0 Å². The molecule has 5 nitrogen and oxygen atoms in total. The summed E-state index contributed by atoms with van der Waals surface area (Å²) in [6.45, 7) is 2.09. The molecule has 1 aromatic rings. The molecule has 1 fully saturated rings. The highest BCUT2D eigenvalue weighted by atomic mass is 16.4. The molecule has 0 aliphatic heterocycles. The molecular formula is C18H26N2O3. The molecule has 2 rings (SSSR count). The molecule has 1 unspecified atom stereocenters. The first kappa shape index (κ1) is 17.3. The second kappa shape index (κ2) is 7.99. The van der Waals surface area contributed by atoms with Crippen LogP contribution in [0.1, 0.15) is 51.0 Å². The van der Waals surface area contributed by atoms with Crippen molar-refractivity contribution in [3.8, 4) is 0 Å². The van der Waals surface area contributed by atoms with Gasteiger partial charge in [-0.3, -0.25) is 4.79 Å². The van der Waals surface area contributed by atoms with E-state index in [1.807, 2.05) is 30.3 Å². The molecule has 1 atom stereocenters. The number of nitrogens with one attached hydrogen (secondary N) is 2. The van der Waals surface area contributed by atoms with Gasteiger partial charge in [-0.25, -0.2) is 4.79 Å². The first-order chi connectivity index (χ1) is 11.0. The molecule has 23 heavy (non-hydrogen) atoms. The first-order valence-corrected chi connectivity index (χ1v) is 8.37. The zero-order valence-corrected chi connectivity index (χ0v) is 13.7. The van der Waals surface area contributed by atoms with Crippen molar-refractivity contribution < 1.29 is 14.7 Å². The molecular weight excluding hydrogens is 292 g/mol. The van der Waals surface area contributed by atoms with Crippen LogP contribution in [0.5, 0.6) is 0 Å². The van der Waals surface area contributed by atoms with Crippen molar-refractivity contribution in [1.29, 1.82) is 0 Å². The molecule has 3 N–H and O–H groups in total. The van der Waals surface area contributed by atoms with Crippen molar-refractivity contribution in [3.63, 3.8) is 0 Å². The Labute approximate surface area is 137 Å². The van der Waals surface area contributed by atoms with E-state index in [1.165, 1.54) is 0 Å². The summed E-state index contributed by atoms with van der Waals surface area (Å²) >= 11 is 0. The summed E-state index contributed by atoms with van der Waals surface area (Å²) in [7, 11) is 0. The van der Waals surface area contributed by atoms with E-state index in [9.17, 15) is 9.59 Å². The molecule has 0 aromatic heterocycles. The van der Waals surface area contributed by atoms with Crippen LogP contribution in [0.2, 0.25) is 0 Å². The maximum Gasteiger partial charge on any atom is 0.315 e. The molecule has 0 spiro atoms. The number of carbonyl (C=O) groups is 2. The average Bonchev–Trinajstić information content (AvgIpc) is 2.49. The van der Waals surface area contributed by atoms with E-state index in [1.54, 1.807) is 0 Å². The first-order valence-electron chi connectivity index (χ1n) is 8.37. The van der Waals surface area contributed by atoms with Gasteiger partial charge in [0.1, 0.15) is 0 Å². The minimum Gasteiger partial charge on any atom is -0.481 e. The predicted molar refractivity (Wildman–Crippen MR) is 89.3 cm³/mol. The second-order valence-electron chi connectivity index (χ2n) is 6.40. The maximum absolute atomic E-state index is 12.3. The van der Waals surface area contributed by atoms with Gasteiger partial charge in [0.25, 0.3) is 0 Å². The van der Waals surface area contributed by atoms with Gasteiger partial charge in [-0.15, -0.1) is 0 Å². The predicted octanol–water partition coefficient (Wildman–Crippen LogP) is 3.09. The van der Waals surface area contributed by atoms with Gasteiger partial charge in [-0.1, -0.05) is 37.3 Å². The minimum atomic E-state index is -0.839. The van der Waals surface area contributed by atoms with E-state index in [4.69, 9.17) is 5.11 Å². The van der Waals surface area contributed by atoms with Crippen LogP contribution in [0.4, 0.5) is 4.79 Å². The highest BCUT2D eigenvalue weighted by Gasteiger charge is 2.36. The Balaban J connectivity index is 1.93. The standard InChI is InChI=1S/C18H26N2O3/c1-2-18(11-6-12-18)20-17(23)19-15(9-10-16(21)22)13-14-7-4-3-5-8-14/h3-5,7-8,15H,2,6,9-13H2,1H3,(H,21,22)(H2,19,20,23). The highest BCUT2D eigenvalue weighted by Crippen LogP contribution is 2.34. The number of urea groups is 1. The van der Waals surface area contributed by atoms with Crippen LogP contribution < -0.4 is 10.6 Å². The number of carboxylic acid groups (broad SMARTS) is 1. The third-order valence-corrected chi connectivity index (χ3v) is 4.73. The SMILES string of the molecule is CCC1(NC(=O)NC(CCC(=O)O)Cc2ccccc2)CCC1. The van der Waals surface area contributed by atoms with Gasteiger partial charge in [0.05, 0.1) is 0 Å². The quantitative estimate of drug-likeness (QED) is 0.689. The lowest BCUT2D eigenvalue weighted by Crippen LogP contribution is -2.57. The summed E-state index contributed by atoms with van der Waals surface area (Å²) in [6, 6.07) is 9.46. The molecule has 1 aliphatic rings. The van der Waals surface area contributed by atoms with E-state index in [2.05, 4.69) is 17.6 Å². The van der Waals surface area contributed by atoms with Gasteiger partial charge >= 0.3 is 12.0 Å². The van der Waals surface area contributed by atoms with Crippen molar-refractivity contribution in [2.45, 2.75) is 63.5 Å². The summed E-state index contributed by atoms with van der Waals surface area (Å²) in [5.74, 6) is -0.839. The lowest BCUT2D eigenvalue weighted by molar-refractivity contribution is -0.137. The van der Waals surface area contributed by atoms with Crippen LogP contribution in [0.15, 0.2) is 30.3 Å². The Morgan fingerprint density at radius 1 is 1.26 bits per heavy atom. The summed E-state index contributed by atoms with van der Waals surface area (Å²) in [4.78, 5) is 23.1. The average molecular weight is 318 g/mol. The number of hydrogen-bond donors (Lipinski definition) is 3. The van der Waals surface area contributed by atoms with Crippen molar-refractivity contribution in [3.05, 3.63) is 35.9 Å². The molecule has 0 radical (unpaired) electrons. The molecule has 1 aliphatic carbocycles. The Morgan fingerprint density at radius 3 is 2.48 bits per heavy atom. The Kier molecular flexibility index (Phi) is 6.02. The third kappa shape index (κ3) is 5.27. The van der Waals surface area contributed by atoms with Crippen LogP contribution >= 0.6 is 0 Å². The normalized spacial score (nSPS) is 16.9. The smallest absolute Gasteiger partial charge is 0.315 e. The summed E-state index contributed by atoms with van der Waals surface area (Å²) in [5, 5.41) is 15.0. The fraction of sp³-hybridized carbons (Fsp3) is 0.556. The van der Waals surface area contributed by atoms with Crippen LogP contribution in [-0.4, -0.2) is 28.7 Å². The van der Waals surface area contributed by atoms with Gasteiger partial charge < -0.3 is 15.7 Å². The molecule has 0 bridgehead atoms. The second-order valence-corrected chi connectivity index (χ2v) is 6.40. The van der Waals surface area contributed by atoms with Crippen LogP contribution in [-0.2, 0) is 11.2 Å². The highest BCUT2D eigenvalue weighted by molar-refractivity contribution is 5.75. The molecule has 2 amide bonds. The van der Waals surface area contributed by atoms with Gasteiger partial charge in [0.2, 0.25) is 0 Å². The topological polar surface area (TPSA) is 78.4 Å². The minimum absolute atomic E-state index is 0.0523. The van der Waals surface area contributed by atoms with Gasteiger partial charge in [-0.05, 0) is 44.1 Å². The monoisotopic (exact) mass is 318 g/mol. The van der Waals surface area contributed by atoms with E-state index in [0.717, 1.165) is 31.2 Å². The van der Waals surface area contributed by atoms with Crippen molar-refractivity contribution in [2.75, 3.05) is 0 Å². The maximum atomic E-state index is 12.3. The Morgan fingerprint density at radius 2 is 1.96 bits per heavy atom. The largest absolute Gasteiger partial charge is 0.481 e. The summed E-state index contributed by atoms with van der Waals surface area (Å²) in [5.41, 5.74) is 1.03. The molecule has 126 valence electrons. The zero-order chi connectivity index (χ0) is 16.7. The van der Waals surface area contributed by atoms with Gasteiger partial charge in [0, 0.05) is 18.0 Å². The lowest BCUT2D eigenvalue weighted by Gasteiger charge is -2.42. The molecule has 1 aromatic carbocycles. The summed E-state index contributed by atoms with van der Waals surface area (Å²) in [6.07, 6.45) is 5.25. The Bertz CT molecular complexity index is 521. The van der Waals surface area contributed by atoms with Crippen LogP contribution in [0, 0.1) is 0 Å². The van der Waals surface area contributed by atoms with E-state index >= 15 is 0 Å². The molecule has 0 heterocycles. The Hall–Kier alpha value is -2.04. The van der Waals surface area contributed by atoms with E-state index in [-0.39, 0.29) is 24.0 Å².